The molecule has 1 aliphatic heterocycles. The number of halogens is 1. The van der Waals surface area contributed by atoms with Crippen LogP contribution < -0.4 is 4.72 Å². The van der Waals surface area contributed by atoms with Gasteiger partial charge in [0.1, 0.15) is 0 Å². The van der Waals surface area contributed by atoms with Gasteiger partial charge in [0.25, 0.3) is 10.2 Å². The maximum absolute atomic E-state index is 12.2. The second-order valence-electron chi connectivity index (χ2n) is 4.38. The number of benzene rings is 1. The van der Waals surface area contributed by atoms with Crippen molar-refractivity contribution < 1.29 is 13.2 Å². The van der Waals surface area contributed by atoms with Gasteiger partial charge in [-0.2, -0.15) is 17.4 Å². The van der Waals surface area contributed by atoms with Crippen molar-refractivity contribution in [2.24, 2.45) is 0 Å². The molecule has 106 valence electrons. The minimum Gasteiger partial charge on any atom is -0.379 e. The lowest BCUT2D eigenvalue weighted by molar-refractivity contribution is 0.0723. The molecule has 1 N–H and O–H groups in total. The van der Waals surface area contributed by atoms with Crippen LogP contribution in [-0.2, 0) is 14.9 Å². The molecule has 0 aromatic heterocycles. The van der Waals surface area contributed by atoms with Gasteiger partial charge in [-0.3, -0.25) is 0 Å². The summed E-state index contributed by atoms with van der Waals surface area (Å²) in [6.07, 6.45) is 0. The van der Waals surface area contributed by atoms with Crippen LogP contribution in [0, 0.1) is 0 Å². The van der Waals surface area contributed by atoms with E-state index in [1.165, 1.54) is 4.31 Å². The van der Waals surface area contributed by atoms with Gasteiger partial charge < -0.3 is 4.74 Å². The third-order valence-electron chi connectivity index (χ3n) is 3.01. The summed E-state index contributed by atoms with van der Waals surface area (Å²) in [4.78, 5) is 0. The van der Waals surface area contributed by atoms with Gasteiger partial charge in [-0.05, 0) is 18.6 Å². The lowest BCUT2D eigenvalue weighted by Gasteiger charge is -2.28. The highest BCUT2D eigenvalue weighted by Gasteiger charge is 2.26. The molecule has 0 spiro atoms. The van der Waals surface area contributed by atoms with Crippen molar-refractivity contribution in [2.45, 2.75) is 13.0 Å². The van der Waals surface area contributed by atoms with Gasteiger partial charge in [0, 0.05) is 24.2 Å². The second-order valence-corrected chi connectivity index (χ2v) is 6.49. The first-order chi connectivity index (χ1) is 9.00. The lowest BCUT2D eigenvalue weighted by Crippen LogP contribution is -2.47. The third-order valence-corrected chi connectivity index (χ3v) is 5.05. The smallest absolute Gasteiger partial charge is 0.280 e. The number of nitrogens with one attached hydrogen (secondary N) is 1. The molecule has 0 aliphatic carbocycles. The maximum Gasteiger partial charge on any atom is 0.280 e. The van der Waals surface area contributed by atoms with Gasteiger partial charge in [0.05, 0.1) is 13.2 Å². The van der Waals surface area contributed by atoms with Gasteiger partial charge in [-0.15, -0.1) is 0 Å². The lowest BCUT2D eigenvalue weighted by atomic mass is 10.1. The van der Waals surface area contributed by atoms with Crippen LogP contribution in [0.25, 0.3) is 0 Å². The minimum atomic E-state index is -3.50. The molecule has 1 aromatic carbocycles. The van der Waals surface area contributed by atoms with Crippen molar-refractivity contribution in [1.29, 1.82) is 0 Å². The van der Waals surface area contributed by atoms with Crippen molar-refractivity contribution in [2.75, 3.05) is 26.3 Å². The van der Waals surface area contributed by atoms with E-state index in [2.05, 4.69) is 4.72 Å². The van der Waals surface area contributed by atoms with E-state index in [0.29, 0.717) is 31.3 Å². The monoisotopic (exact) mass is 304 g/mol. The number of hydrogen-bond acceptors (Lipinski definition) is 3. The fourth-order valence-corrected chi connectivity index (χ4v) is 3.63. The molecule has 2 rings (SSSR count). The van der Waals surface area contributed by atoms with E-state index >= 15 is 0 Å². The zero-order valence-corrected chi connectivity index (χ0v) is 12.2. The molecule has 5 nitrogen and oxygen atoms in total. The zero-order valence-electron chi connectivity index (χ0n) is 10.7. The molecule has 1 atom stereocenters. The SMILES string of the molecule is CC(NS(=O)(=O)N1CCOCC1)c1ccccc1Cl. The van der Waals surface area contributed by atoms with E-state index < -0.39 is 10.2 Å². The highest BCUT2D eigenvalue weighted by atomic mass is 35.5. The van der Waals surface area contributed by atoms with Gasteiger partial charge in [0.2, 0.25) is 0 Å². The maximum atomic E-state index is 12.2. The Morgan fingerprint density at radius 2 is 1.95 bits per heavy atom. The highest BCUT2D eigenvalue weighted by Crippen LogP contribution is 2.23. The van der Waals surface area contributed by atoms with Gasteiger partial charge in [0.15, 0.2) is 0 Å². The third kappa shape index (κ3) is 3.67. The molecule has 1 aromatic rings. The molecule has 19 heavy (non-hydrogen) atoms. The Balaban J connectivity index is 2.09. The average molecular weight is 305 g/mol. The first kappa shape index (κ1) is 14.7. The van der Waals surface area contributed by atoms with E-state index in [0.717, 1.165) is 5.56 Å². The van der Waals surface area contributed by atoms with E-state index in [1.807, 2.05) is 18.2 Å². The number of morpholine rings is 1. The van der Waals surface area contributed by atoms with Crippen LogP contribution in [0.2, 0.25) is 5.02 Å². The first-order valence-electron chi connectivity index (χ1n) is 6.10. The van der Waals surface area contributed by atoms with Crippen LogP contribution in [0.4, 0.5) is 0 Å². The van der Waals surface area contributed by atoms with Crippen molar-refractivity contribution in [3.05, 3.63) is 34.9 Å². The molecule has 1 aliphatic rings. The Morgan fingerprint density at radius 1 is 1.32 bits per heavy atom. The van der Waals surface area contributed by atoms with E-state index in [9.17, 15) is 8.42 Å². The van der Waals surface area contributed by atoms with Gasteiger partial charge in [-0.1, -0.05) is 29.8 Å². The van der Waals surface area contributed by atoms with Crippen molar-refractivity contribution >= 4 is 21.8 Å². The van der Waals surface area contributed by atoms with Crippen molar-refractivity contribution in [3.8, 4) is 0 Å². The topological polar surface area (TPSA) is 58.6 Å². The molecular weight excluding hydrogens is 288 g/mol. The molecule has 1 unspecified atom stereocenters. The van der Waals surface area contributed by atoms with Gasteiger partial charge >= 0.3 is 0 Å². The Bertz CT molecular complexity index is 530. The summed E-state index contributed by atoms with van der Waals surface area (Å²) in [5, 5.41) is 0.555. The second kappa shape index (κ2) is 6.19. The molecule has 0 bridgehead atoms. The largest absolute Gasteiger partial charge is 0.379 e. The summed E-state index contributed by atoms with van der Waals surface area (Å²) in [7, 11) is -3.50. The fraction of sp³-hybridized carbons (Fsp3) is 0.500. The van der Waals surface area contributed by atoms with Crippen LogP contribution in [0.1, 0.15) is 18.5 Å². The normalized spacial score (nSPS) is 19.3. The number of rotatable bonds is 4. The Labute approximate surface area is 118 Å². The summed E-state index contributed by atoms with van der Waals surface area (Å²) in [5.41, 5.74) is 0.765. The predicted octanol–water partition coefficient (Wildman–Crippen LogP) is 1.57. The minimum absolute atomic E-state index is 0.374. The zero-order chi connectivity index (χ0) is 13.9. The first-order valence-corrected chi connectivity index (χ1v) is 7.92. The van der Waals surface area contributed by atoms with Crippen LogP contribution >= 0.6 is 11.6 Å². The molecule has 1 heterocycles. The van der Waals surface area contributed by atoms with Gasteiger partial charge in [-0.25, -0.2) is 0 Å². The molecule has 1 saturated heterocycles. The molecule has 7 heteroatoms. The Morgan fingerprint density at radius 3 is 2.58 bits per heavy atom. The molecule has 1 fully saturated rings. The summed E-state index contributed by atoms with van der Waals surface area (Å²) in [5.74, 6) is 0. The molecule has 0 radical (unpaired) electrons. The Hall–Kier alpha value is -0.660. The summed E-state index contributed by atoms with van der Waals surface area (Å²) in [6, 6.07) is 6.84. The van der Waals surface area contributed by atoms with Crippen molar-refractivity contribution in [3.63, 3.8) is 0 Å². The molecular formula is C12H17ClN2O3S. The van der Waals surface area contributed by atoms with Crippen LogP contribution in [0.15, 0.2) is 24.3 Å². The summed E-state index contributed by atoms with van der Waals surface area (Å²) >= 11 is 6.07. The molecule has 0 saturated carbocycles. The quantitative estimate of drug-likeness (QED) is 0.918. The summed E-state index contributed by atoms with van der Waals surface area (Å²) in [6.45, 7) is 3.40. The Kier molecular flexibility index (Phi) is 4.81. The standard InChI is InChI=1S/C12H17ClN2O3S/c1-10(11-4-2-3-5-12(11)13)14-19(16,17)15-6-8-18-9-7-15/h2-5,10,14H,6-9H2,1H3. The van der Waals surface area contributed by atoms with E-state index in [1.54, 1.807) is 13.0 Å². The number of nitrogens with zero attached hydrogens (tertiary/aromatic N) is 1. The van der Waals surface area contributed by atoms with E-state index in [-0.39, 0.29) is 6.04 Å². The van der Waals surface area contributed by atoms with Crippen molar-refractivity contribution in [1.82, 2.24) is 9.03 Å². The highest BCUT2D eigenvalue weighted by molar-refractivity contribution is 7.87. The summed E-state index contributed by atoms with van der Waals surface area (Å²) < 4.78 is 33.6. The van der Waals surface area contributed by atoms with Crippen LogP contribution in [0.5, 0.6) is 0 Å². The van der Waals surface area contributed by atoms with Crippen LogP contribution in [0.3, 0.4) is 0 Å². The van der Waals surface area contributed by atoms with Crippen LogP contribution in [-0.4, -0.2) is 39.0 Å². The van der Waals surface area contributed by atoms with E-state index in [4.69, 9.17) is 16.3 Å². The number of ether oxygens (including phenoxy) is 1. The fourth-order valence-electron chi connectivity index (χ4n) is 1.97. The molecule has 0 amide bonds. The average Bonchev–Trinajstić information content (AvgIpc) is 2.39. The number of hydrogen-bond donors (Lipinski definition) is 1. The predicted molar refractivity (Wildman–Crippen MR) is 74.3 cm³/mol.